The normalized spacial score (nSPS) is 19.6. The minimum Gasteiger partial charge on any atom is -0.383 e. The summed E-state index contributed by atoms with van der Waals surface area (Å²) in [5.74, 6) is 0.629. The summed E-state index contributed by atoms with van der Waals surface area (Å²) in [6.07, 6.45) is 1.11. The topological polar surface area (TPSA) is 70.8 Å². The number of ether oxygens (including phenoxy) is 1. The molecule has 0 aromatic heterocycles. The van der Waals surface area contributed by atoms with Gasteiger partial charge in [-0.1, -0.05) is 6.92 Å². The zero-order valence-corrected chi connectivity index (χ0v) is 12.9. The van der Waals surface area contributed by atoms with Crippen molar-refractivity contribution in [3.8, 4) is 0 Å². The first kappa shape index (κ1) is 17.4. The maximum atomic E-state index is 11.8. The number of methoxy groups -OCH3 is 1. The summed E-state index contributed by atoms with van der Waals surface area (Å²) >= 11 is 0. The predicted octanol–water partition coefficient (Wildman–Crippen LogP) is -0.648. The summed E-state index contributed by atoms with van der Waals surface area (Å²) in [7, 11) is 1.64. The Balaban J connectivity index is 2.24. The highest BCUT2D eigenvalue weighted by molar-refractivity contribution is 5.77. The van der Waals surface area contributed by atoms with Crippen LogP contribution in [0, 0.1) is 5.92 Å². The Bertz CT molecular complexity index is 276. The third-order valence-electron chi connectivity index (χ3n) is 3.65. The average Bonchev–Trinajstić information content (AvgIpc) is 2.64. The molecule has 0 aliphatic carbocycles. The molecule has 1 aliphatic heterocycles. The molecular weight excluding hydrogens is 256 g/mol. The van der Waals surface area contributed by atoms with Crippen molar-refractivity contribution in [1.82, 2.24) is 15.1 Å². The van der Waals surface area contributed by atoms with Crippen LogP contribution >= 0.6 is 0 Å². The van der Waals surface area contributed by atoms with Crippen molar-refractivity contribution in [3.05, 3.63) is 0 Å². The molecule has 20 heavy (non-hydrogen) atoms. The van der Waals surface area contributed by atoms with Crippen molar-refractivity contribution in [2.24, 2.45) is 11.7 Å². The van der Waals surface area contributed by atoms with Crippen molar-refractivity contribution in [1.29, 1.82) is 0 Å². The number of carbonyl (C=O) groups excluding carboxylic acids is 1. The zero-order chi connectivity index (χ0) is 14.8. The molecule has 118 valence electrons. The summed E-state index contributed by atoms with van der Waals surface area (Å²) in [5.41, 5.74) is 5.68. The first-order valence-electron chi connectivity index (χ1n) is 7.56. The molecule has 0 radical (unpaired) electrons. The van der Waals surface area contributed by atoms with E-state index in [9.17, 15) is 4.79 Å². The van der Waals surface area contributed by atoms with Crippen molar-refractivity contribution >= 4 is 5.91 Å². The summed E-state index contributed by atoms with van der Waals surface area (Å²) < 4.78 is 4.92. The molecule has 0 spiro atoms. The molecule has 6 heteroatoms. The number of amides is 1. The number of carbonyl (C=O) groups is 1. The number of nitrogens with one attached hydrogen (secondary N) is 1. The van der Waals surface area contributed by atoms with Gasteiger partial charge in [0.25, 0.3) is 0 Å². The van der Waals surface area contributed by atoms with Crippen LogP contribution in [0.25, 0.3) is 0 Å². The average molecular weight is 286 g/mol. The summed E-state index contributed by atoms with van der Waals surface area (Å²) in [6.45, 7) is 9.70. The van der Waals surface area contributed by atoms with E-state index in [1.165, 1.54) is 0 Å². The lowest BCUT2D eigenvalue weighted by molar-refractivity contribution is -0.122. The van der Waals surface area contributed by atoms with Crippen LogP contribution in [0.15, 0.2) is 0 Å². The maximum Gasteiger partial charge on any atom is 0.234 e. The minimum absolute atomic E-state index is 0.0887. The molecule has 1 heterocycles. The van der Waals surface area contributed by atoms with Crippen LogP contribution < -0.4 is 11.1 Å². The molecule has 1 amide bonds. The Hall–Kier alpha value is -0.690. The molecule has 0 aromatic carbocycles. The lowest BCUT2D eigenvalue weighted by Crippen LogP contribution is -2.40. The van der Waals surface area contributed by atoms with Crippen LogP contribution in [0.3, 0.4) is 0 Å². The van der Waals surface area contributed by atoms with Gasteiger partial charge in [-0.2, -0.15) is 0 Å². The smallest absolute Gasteiger partial charge is 0.234 e. The van der Waals surface area contributed by atoms with E-state index in [-0.39, 0.29) is 5.91 Å². The van der Waals surface area contributed by atoms with Crippen LogP contribution in [-0.2, 0) is 9.53 Å². The van der Waals surface area contributed by atoms with Gasteiger partial charge in [0.1, 0.15) is 0 Å². The van der Waals surface area contributed by atoms with E-state index < -0.39 is 0 Å². The van der Waals surface area contributed by atoms with Gasteiger partial charge in [0.15, 0.2) is 0 Å². The monoisotopic (exact) mass is 286 g/mol. The van der Waals surface area contributed by atoms with Gasteiger partial charge in [-0.15, -0.1) is 0 Å². The summed E-state index contributed by atoms with van der Waals surface area (Å²) in [4.78, 5) is 16.5. The quantitative estimate of drug-likeness (QED) is 0.580. The first-order chi connectivity index (χ1) is 9.65. The Morgan fingerprint density at radius 2 is 2.00 bits per heavy atom. The molecule has 1 atom stereocenters. The second-order valence-corrected chi connectivity index (χ2v) is 5.61. The Morgan fingerprint density at radius 1 is 1.30 bits per heavy atom. The van der Waals surface area contributed by atoms with Gasteiger partial charge in [0.05, 0.1) is 13.2 Å². The first-order valence-corrected chi connectivity index (χ1v) is 7.56. The molecule has 1 saturated heterocycles. The second kappa shape index (κ2) is 10.1. The lowest BCUT2D eigenvalue weighted by Gasteiger charge is -2.23. The fourth-order valence-corrected chi connectivity index (χ4v) is 2.43. The number of nitrogens with two attached hydrogens (primary N) is 1. The lowest BCUT2D eigenvalue weighted by atomic mass is 10.1. The molecular formula is C14H30N4O2. The van der Waals surface area contributed by atoms with Crippen molar-refractivity contribution in [3.63, 3.8) is 0 Å². The molecule has 1 fully saturated rings. The maximum absolute atomic E-state index is 11.8. The van der Waals surface area contributed by atoms with E-state index >= 15 is 0 Å². The Labute approximate surface area is 122 Å². The summed E-state index contributed by atoms with van der Waals surface area (Å²) in [5, 5.41) is 2.87. The van der Waals surface area contributed by atoms with Crippen LogP contribution in [0.4, 0.5) is 0 Å². The molecule has 6 nitrogen and oxygen atoms in total. The Kier molecular flexibility index (Phi) is 8.77. The fraction of sp³-hybridized carbons (Fsp3) is 0.929. The van der Waals surface area contributed by atoms with Crippen molar-refractivity contribution < 1.29 is 9.53 Å². The highest BCUT2D eigenvalue weighted by Gasteiger charge is 2.17. The van der Waals surface area contributed by atoms with Gasteiger partial charge >= 0.3 is 0 Å². The zero-order valence-electron chi connectivity index (χ0n) is 12.9. The van der Waals surface area contributed by atoms with Crippen molar-refractivity contribution in [2.45, 2.75) is 13.3 Å². The number of hydrogen-bond acceptors (Lipinski definition) is 5. The van der Waals surface area contributed by atoms with Gasteiger partial charge < -0.3 is 20.7 Å². The van der Waals surface area contributed by atoms with Gasteiger partial charge in [-0.05, 0) is 32.0 Å². The number of rotatable bonds is 8. The molecule has 1 aliphatic rings. The fourth-order valence-electron chi connectivity index (χ4n) is 2.43. The highest BCUT2D eigenvalue weighted by atomic mass is 16.5. The summed E-state index contributed by atoms with van der Waals surface area (Å²) in [6, 6.07) is 0. The van der Waals surface area contributed by atoms with E-state index in [2.05, 4.69) is 22.0 Å². The number of hydrogen-bond donors (Lipinski definition) is 2. The Morgan fingerprint density at radius 3 is 2.70 bits per heavy atom. The third-order valence-corrected chi connectivity index (χ3v) is 3.65. The van der Waals surface area contributed by atoms with Crippen LogP contribution in [-0.4, -0.2) is 81.8 Å². The minimum atomic E-state index is 0.0887. The van der Waals surface area contributed by atoms with E-state index in [4.69, 9.17) is 10.5 Å². The van der Waals surface area contributed by atoms with E-state index in [1.54, 1.807) is 7.11 Å². The van der Waals surface area contributed by atoms with Crippen LogP contribution in [0.5, 0.6) is 0 Å². The molecule has 0 aromatic rings. The predicted molar refractivity (Wildman–Crippen MR) is 80.6 cm³/mol. The molecule has 3 N–H and O–H groups in total. The molecule has 0 saturated carbocycles. The standard InChI is InChI=1S/C14H30N4O2/c1-13(10-15)11-17-5-3-6-18(8-7-17)12-14(19)16-4-9-20-2/h13H,3-12,15H2,1-2H3,(H,16,19). The van der Waals surface area contributed by atoms with E-state index in [1.807, 2.05) is 0 Å². The highest BCUT2D eigenvalue weighted by Crippen LogP contribution is 2.05. The van der Waals surface area contributed by atoms with Gasteiger partial charge in [0, 0.05) is 33.3 Å². The van der Waals surface area contributed by atoms with E-state index in [0.717, 1.165) is 45.7 Å². The molecule has 1 unspecified atom stereocenters. The van der Waals surface area contributed by atoms with Crippen LogP contribution in [0.2, 0.25) is 0 Å². The van der Waals surface area contributed by atoms with Gasteiger partial charge in [-0.25, -0.2) is 0 Å². The molecule has 0 bridgehead atoms. The van der Waals surface area contributed by atoms with Gasteiger partial charge in [-0.3, -0.25) is 9.69 Å². The van der Waals surface area contributed by atoms with Gasteiger partial charge in [0.2, 0.25) is 5.91 Å². The second-order valence-electron chi connectivity index (χ2n) is 5.61. The number of nitrogens with zero attached hydrogens (tertiary/aromatic N) is 2. The van der Waals surface area contributed by atoms with Crippen molar-refractivity contribution in [2.75, 3.05) is 66.1 Å². The van der Waals surface area contributed by atoms with E-state index in [0.29, 0.717) is 25.6 Å². The third kappa shape index (κ3) is 7.19. The molecule has 1 rings (SSSR count). The largest absolute Gasteiger partial charge is 0.383 e. The SMILES string of the molecule is COCCNC(=O)CN1CCCN(CC(C)CN)CC1. The van der Waals surface area contributed by atoms with Crippen LogP contribution in [0.1, 0.15) is 13.3 Å².